The van der Waals surface area contributed by atoms with Gasteiger partial charge in [-0.2, -0.15) is 18.4 Å². The van der Waals surface area contributed by atoms with Crippen LogP contribution in [0.25, 0.3) is 21.8 Å². The minimum Gasteiger partial charge on any atom is -0.246 e. The van der Waals surface area contributed by atoms with E-state index in [4.69, 9.17) is 0 Å². The number of hydrogen-bond acceptors (Lipinski definition) is 3. The Bertz CT molecular complexity index is 907. The maximum absolute atomic E-state index is 13.4. The molecule has 1 aromatic carbocycles. The highest BCUT2D eigenvalue weighted by Gasteiger charge is 2.36. The summed E-state index contributed by atoms with van der Waals surface area (Å²) < 4.78 is 53.2. The van der Waals surface area contributed by atoms with Crippen molar-refractivity contribution in [3.8, 4) is 27.9 Å². The molecule has 3 rings (SSSR count). The van der Waals surface area contributed by atoms with Gasteiger partial charge in [0.2, 0.25) is 0 Å². The molecule has 7 heteroatoms. The quantitative estimate of drug-likeness (QED) is 0.573. The van der Waals surface area contributed by atoms with Crippen LogP contribution in [-0.2, 0) is 6.18 Å². The highest BCUT2D eigenvalue weighted by Crippen LogP contribution is 2.38. The van der Waals surface area contributed by atoms with Crippen LogP contribution in [0.5, 0.6) is 0 Å². The molecule has 0 saturated carbocycles. The van der Waals surface area contributed by atoms with Gasteiger partial charge >= 0.3 is 6.18 Å². The van der Waals surface area contributed by atoms with Crippen LogP contribution in [0.15, 0.2) is 47.8 Å². The van der Waals surface area contributed by atoms with Crippen LogP contribution in [-0.4, -0.2) is 4.98 Å². The van der Waals surface area contributed by atoms with Crippen molar-refractivity contribution in [1.82, 2.24) is 4.98 Å². The molecule has 0 spiro atoms. The highest BCUT2D eigenvalue weighted by molar-refractivity contribution is 7.13. The monoisotopic (exact) mass is 348 g/mol. The zero-order valence-electron chi connectivity index (χ0n) is 11.9. The van der Waals surface area contributed by atoms with Crippen LogP contribution in [0.4, 0.5) is 17.6 Å². The zero-order valence-corrected chi connectivity index (χ0v) is 12.7. The summed E-state index contributed by atoms with van der Waals surface area (Å²) in [5.41, 5.74) is -1.37. The van der Waals surface area contributed by atoms with Gasteiger partial charge in [-0.05, 0) is 41.8 Å². The van der Waals surface area contributed by atoms with E-state index in [0.717, 1.165) is 18.2 Å². The molecular weight excluding hydrogens is 340 g/mol. The molecule has 2 nitrogen and oxygen atoms in total. The van der Waals surface area contributed by atoms with Crippen LogP contribution in [0.1, 0.15) is 11.1 Å². The Labute approximate surface area is 138 Å². The van der Waals surface area contributed by atoms with Gasteiger partial charge in [-0.1, -0.05) is 6.07 Å². The lowest BCUT2D eigenvalue weighted by atomic mass is 10.00. The van der Waals surface area contributed by atoms with Gasteiger partial charge in [-0.25, -0.2) is 9.37 Å². The third-order valence-corrected chi connectivity index (χ3v) is 4.22. The average molecular weight is 348 g/mol. The van der Waals surface area contributed by atoms with E-state index in [-0.39, 0.29) is 17.0 Å². The summed E-state index contributed by atoms with van der Waals surface area (Å²) in [5.74, 6) is -0.525. The number of pyridine rings is 1. The first-order valence-electron chi connectivity index (χ1n) is 6.72. The average Bonchev–Trinajstić information content (AvgIpc) is 3.08. The van der Waals surface area contributed by atoms with Crippen molar-refractivity contribution in [1.29, 1.82) is 5.26 Å². The van der Waals surface area contributed by atoms with E-state index in [2.05, 4.69) is 4.98 Å². The predicted molar refractivity (Wildman–Crippen MR) is 82.7 cm³/mol. The topological polar surface area (TPSA) is 36.7 Å². The minimum absolute atomic E-state index is 0.115. The zero-order chi connectivity index (χ0) is 17.3. The number of thiophene rings is 1. The Kier molecular flexibility index (Phi) is 4.08. The molecule has 0 amide bonds. The molecule has 0 bridgehead atoms. The Balaban J connectivity index is 2.32. The molecular formula is C17H8F4N2S. The molecule has 0 N–H and O–H groups in total. The predicted octanol–water partition coefficient (Wildman–Crippen LogP) is 5.51. The number of benzene rings is 1. The number of nitriles is 1. The molecule has 0 aliphatic carbocycles. The summed E-state index contributed by atoms with van der Waals surface area (Å²) in [6.45, 7) is 0. The fourth-order valence-electron chi connectivity index (χ4n) is 2.25. The molecule has 0 unspecified atom stereocenters. The molecule has 2 heterocycles. The van der Waals surface area contributed by atoms with Crippen molar-refractivity contribution in [3.05, 3.63) is 64.8 Å². The van der Waals surface area contributed by atoms with Crippen molar-refractivity contribution in [2.24, 2.45) is 0 Å². The first kappa shape index (κ1) is 16.1. The highest BCUT2D eigenvalue weighted by atomic mass is 32.1. The van der Waals surface area contributed by atoms with Crippen molar-refractivity contribution in [3.63, 3.8) is 0 Å². The van der Waals surface area contributed by atoms with Crippen molar-refractivity contribution < 1.29 is 17.6 Å². The lowest BCUT2D eigenvalue weighted by molar-refractivity contribution is -0.137. The van der Waals surface area contributed by atoms with Gasteiger partial charge in [-0.3, -0.25) is 0 Å². The largest absolute Gasteiger partial charge is 0.417 e. The lowest BCUT2D eigenvalue weighted by Crippen LogP contribution is -2.10. The van der Waals surface area contributed by atoms with E-state index in [1.807, 2.05) is 0 Å². The normalized spacial score (nSPS) is 11.3. The van der Waals surface area contributed by atoms with Crippen LogP contribution in [0, 0.1) is 17.1 Å². The molecule has 0 aliphatic heterocycles. The second-order valence-electron chi connectivity index (χ2n) is 4.87. The van der Waals surface area contributed by atoms with Gasteiger partial charge < -0.3 is 0 Å². The van der Waals surface area contributed by atoms with Crippen molar-refractivity contribution in [2.75, 3.05) is 0 Å². The number of hydrogen-bond donors (Lipinski definition) is 0. The number of nitrogens with zero attached hydrogens (tertiary/aromatic N) is 2. The van der Waals surface area contributed by atoms with Gasteiger partial charge in [0.25, 0.3) is 0 Å². The van der Waals surface area contributed by atoms with Crippen molar-refractivity contribution in [2.45, 2.75) is 6.18 Å². The lowest BCUT2D eigenvalue weighted by Gasteiger charge is -2.14. The van der Waals surface area contributed by atoms with E-state index in [1.54, 1.807) is 23.6 Å². The summed E-state index contributed by atoms with van der Waals surface area (Å²) in [7, 11) is 0. The van der Waals surface area contributed by atoms with E-state index in [1.165, 1.54) is 23.5 Å². The molecule has 0 aliphatic rings. The van der Waals surface area contributed by atoms with E-state index < -0.39 is 23.1 Å². The molecule has 0 atom stereocenters. The molecule has 120 valence electrons. The second kappa shape index (κ2) is 6.06. The first-order chi connectivity index (χ1) is 11.4. The second-order valence-corrected chi connectivity index (χ2v) is 5.82. The number of halogens is 4. The molecule has 24 heavy (non-hydrogen) atoms. The Morgan fingerprint density at radius 2 is 1.79 bits per heavy atom. The Morgan fingerprint density at radius 3 is 2.33 bits per heavy atom. The SMILES string of the molecule is N#Cc1c(C(F)(F)F)cc(-c2cccs2)nc1-c1ccc(F)cc1. The smallest absolute Gasteiger partial charge is 0.246 e. The summed E-state index contributed by atoms with van der Waals surface area (Å²) in [4.78, 5) is 4.77. The van der Waals surface area contributed by atoms with Crippen LogP contribution >= 0.6 is 11.3 Å². The van der Waals surface area contributed by atoms with Crippen LogP contribution in [0.2, 0.25) is 0 Å². The summed E-state index contributed by atoms with van der Waals surface area (Å²) in [6, 6.07) is 10.6. The number of aromatic nitrogens is 1. The van der Waals surface area contributed by atoms with Gasteiger partial charge in [0.05, 0.1) is 27.4 Å². The first-order valence-corrected chi connectivity index (χ1v) is 7.60. The fourth-order valence-corrected chi connectivity index (χ4v) is 2.94. The maximum atomic E-state index is 13.4. The van der Waals surface area contributed by atoms with E-state index >= 15 is 0 Å². The van der Waals surface area contributed by atoms with Crippen LogP contribution in [0.3, 0.4) is 0 Å². The summed E-state index contributed by atoms with van der Waals surface area (Å²) in [5, 5.41) is 11.0. The van der Waals surface area contributed by atoms with E-state index in [0.29, 0.717) is 4.88 Å². The Hall–Kier alpha value is -2.72. The molecule has 3 aromatic rings. The third-order valence-electron chi connectivity index (χ3n) is 3.33. The standard InChI is InChI=1S/C17H8F4N2S/c18-11-5-3-10(4-6-11)16-12(9-22)13(17(19,20)21)8-14(23-16)15-2-1-7-24-15/h1-8H. The summed E-state index contributed by atoms with van der Waals surface area (Å²) in [6.07, 6.45) is -4.70. The number of rotatable bonds is 2. The van der Waals surface area contributed by atoms with Gasteiger partial charge in [0.1, 0.15) is 11.9 Å². The van der Waals surface area contributed by atoms with Crippen LogP contribution < -0.4 is 0 Å². The molecule has 0 fully saturated rings. The van der Waals surface area contributed by atoms with Crippen molar-refractivity contribution >= 4 is 11.3 Å². The summed E-state index contributed by atoms with van der Waals surface area (Å²) >= 11 is 1.24. The molecule has 0 saturated heterocycles. The maximum Gasteiger partial charge on any atom is 0.417 e. The molecule has 0 radical (unpaired) electrons. The number of alkyl halides is 3. The third kappa shape index (κ3) is 3.01. The van der Waals surface area contributed by atoms with Gasteiger partial charge in [-0.15, -0.1) is 11.3 Å². The van der Waals surface area contributed by atoms with E-state index in [9.17, 15) is 22.8 Å². The fraction of sp³-hybridized carbons (Fsp3) is 0.0588. The van der Waals surface area contributed by atoms with Gasteiger partial charge in [0.15, 0.2) is 0 Å². The minimum atomic E-state index is -4.70. The molecule has 2 aromatic heterocycles. The van der Waals surface area contributed by atoms with Gasteiger partial charge in [0, 0.05) is 5.56 Å². The Morgan fingerprint density at radius 1 is 1.08 bits per heavy atom.